The summed E-state index contributed by atoms with van der Waals surface area (Å²) in [5, 5.41) is 3.28. The molecule has 0 bridgehead atoms. The summed E-state index contributed by atoms with van der Waals surface area (Å²) in [5.74, 6) is -0.574. The second kappa shape index (κ2) is 10.6. The molecule has 0 aliphatic rings. The Labute approximate surface area is 185 Å². The molecule has 1 atom stereocenters. The lowest BCUT2D eigenvalue weighted by Crippen LogP contribution is -2.46. The fourth-order valence-corrected chi connectivity index (χ4v) is 3.09. The monoisotopic (exact) mass is 440 g/mol. The van der Waals surface area contributed by atoms with E-state index in [2.05, 4.69) is 5.32 Å². The van der Waals surface area contributed by atoms with Crippen molar-refractivity contribution in [1.29, 1.82) is 0 Å². The molecular formula is C24H22ClFN2O3. The molecule has 31 heavy (non-hydrogen) atoms. The van der Waals surface area contributed by atoms with Crippen LogP contribution in [0.25, 0.3) is 0 Å². The molecule has 2 amide bonds. The quantitative estimate of drug-likeness (QED) is 0.530. The third kappa shape index (κ3) is 7.12. The molecule has 0 heterocycles. The Kier molecular flexibility index (Phi) is 7.62. The fraction of sp³-hybridized carbons (Fsp3) is 0.167. The number of ether oxygens (including phenoxy) is 1. The van der Waals surface area contributed by atoms with Crippen LogP contribution >= 0.6 is 11.6 Å². The maximum absolute atomic E-state index is 12.9. The van der Waals surface area contributed by atoms with Gasteiger partial charge in [0.2, 0.25) is 11.8 Å². The zero-order valence-corrected chi connectivity index (χ0v) is 17.4. The number of nitrogens with one attached hydrogen (secondary N) is 1. The number of benzene rings is 3. The molecule has 5 nitrogen and oxygen atoms in total. The number of amides is 2. The molecule has 3 aromatic carbocycles. The van der Waals surface area contributed by atoms with Gasteiger partial charge in [-0.1, -0.05) is 48.0 Å². The van der Waals surface area contributed by atoms with E-state index in [9.17, 15) is 14.0 Å². The van der Waals surface area contributed by atoms with Gasteiger partial charge in [0, 0.05) is 11.4 Å². The molecule has 3 rings (SSSR count). The molecule has 1 unspecified atom stereocenters. The van der Waals surface area contributed by atoms with Gasteiger partial charge in [-0.2, -0.15) is 0 Å². The van der Waals surface area contributed by atoms with Gasteiger partial charge < -0.3 is 15.8 Å². The summed E-state index contributed by atoms with van der Waals surface area (Å²) in [6.07, 6.45) is 0.386. The lowest BCUT2D eigenvalue weighted by atomic mass is 10.0. The summed E-state index contributed by atoms with van der Waals surface area (Å²) in [5.41, 5.74) is 7.91. The molecule has 0 spiro atoms. The first kappa shape index (κ1) is 22.3. The Balaban J connectivity index is 1.52. The average Bonchev–Trinajstić information content (AvgIpc) is 2.75. The highest BCUT2D eigenvalue weighted by Gasteiger charge is 2.18. The van der Waals surface area contributed by atoms with Gasteiger partial charge in [-0.25, -0.2) is 4.39 Å². The second-order valence-electron chi connectivity index (χ2n) is 7.09. The Morgan fingerprint density at radius 3 is 2.10 bits per heavy atom. The first-order valence-corrected chi connectivity index (χ1v) is 10.1. The number of halogens is 2. The number of hydrogen-bond donors (Lipinski definition) is 2. The predicted octanol–water partition coefficient (Wildman–Crippen LogP) is 3.81. The Morgan fingerprint density at radius 1 is 0.903 bits per heavy atom. The van der Waals surface area contributed by atoms with Crippen molar-refractivity contribution >= 4 is 23.4 Å². The van der Waals surface area contributed by atoms with Crippen molar-refractivity contribution in [2.24, 2.45) is 5.73 Å². The Bertz CT molecular complexity index is 1020. The van der Waals surface area contributed by atoms with Crippen LogP contribution in [0.5, 0.6) is 5.75 Å². The summed E-state index contributed by atoms with van der Waals surface area (Å²) in [6.45, 7) is 0.311. The molecule has 3 aromatic rings. The number of carbonyl (C=O) groups is 2. The molecule has 160 valence electrons. The first-order valence-electron chi connectivity index (χ1n) is 9.68. The first-order chi connectivity index (χ1) is 14.9. The maximum Gasteiger partial charge on any atom is 0.240 e. The van der Waals surface area contributed by atoms with Gasteiger partial charge in [0.1, 0.15) is 24.2 Å². The van der Waals surface area contributed by atoms with E-state index < -0.39 is 11.9 Å². The molecule has 0 radical (unpaired) electrons. The van der Waals surface area contributed by atoms with Crippen LogP contribution in [-0.2, 0) is 29.0 Å². The lowest BCUT2D eigenvalue weighted by molar-refractivity contribution is -0.127. The van der Waals surface area contributed by atoms with Crippen LogP contribution in [0, 0.1) is 5.82 Å². The fourth-order valence-electron chi connectivity index (χ4n) is 2.96. The number of rotatable bonds is 9. The number of hydrogen-bond acceptors (Lipinski definition) is 3. The van der Waals surface area contributed by atoms with Gasteiger partial charge in [0.15, 0.2) is 0 Å². The number of carbonyl (C=O) groups excluding carboxylic acids is 2. The van der Waals surface area contributed by atoms with Gasteiger partial charge in [-0.3, -0.25) is 9.59 Å². The minimum absolute atomic E-state index is 0.0998. The molecule has 0 aliphatic carbocycles. The summed E-state index contributed by atoms with van der Waals surface area (Å²) >= 11 is 5.87. The predicted molar refractivity (Wildman–Crippen MR) is 117 cm³/mol. The summed E-state index contributed by atoms with van der Waals surface area (Å²) in [7, 11) is 0. The van der Waals surface area contributed by atoms with Crippen molar-refractivity contribution in [1.82, 2.24) is 5.32 Å². The maximum atomic E-state index is 12.9. The van der Waals surface area contributed by atoms with E-state index in [-0.39, 0.29) is 24.6 Å². The van der Waals surface area contributed by atoms with E-state index in [0.717, 1.165) is 16.7 Å². The molecule has 0 saturated carbocycles. The van der Waals surface area contributed by atoms with Crippen LogP contribution in [0.3, 0.4) is 0 Å². The minimum Gasteiger partial charge on any atom is -0.489 e. The van der Waals surface area contributed by atoms with Crippen LogP contribution in [0.2, 0.25) is 5.02 Å². The van der Waals surface area contributed by atoms with Crippen molar-refractivity contribution in [3.05, 3.63) is 100 Å². The third-order valence-corrected chi connectivity index (χ3v) is 4.89. The minimum atomic E-state index is -0.813. The van der Waals surface area contributed by atoms with Gasteiger partial charge in [-0.15, -0.1) is 0 Å². The van der Waals surface area contributed by atoms with Crippen molar-refractivity contribution in [2.75, 3.05) is 0 Å². The van der Waals surface area contributed by atoms with Crippen molar-refractivity contribution in [2.45, 2.75) is 25.5 Å². The smallest absolute Gasteiger partial charge is 0.240 e. The highest BCUT2D eigenvalue weighted by Crippen LogP contribution is 2.15. The molecular weight excluding hydrogens is 419 g/mol. The Hall–Kier alpha value is -3.38. The zero-order chi connectivity index (χ0) is 22.2. The third-order valence-electron chi connectivity index (χ3n) is 4.64. The average molecular weight is 441 g/mol. The highest BCUT2D eigenvalue weighted by molar-refractivity contribution is 6.30. The van der Waals surface area contributed by atoms with Gasteiger partial charge in [-0.05, 0) is 53.1 Å². The van der Waals surface area contributed by atoms with E-state index in [1.54, 1.807) is 60.7 Å². The van der Waals surface area contributed by atoms with E-state index in [0.29, 0.717) is 17.4 Å². The SMILES string of the molecule is NC(=O)C(Cc1ccc(Cl)cc1)NC(=O)Cc1ccc(OCc2ccc(F)cc2)cc1. The standard InChI is InChI=1S/C24H22ClFN2O3/c25-19-7-1-16(2-8-19)13-22(24(27)30)28-23(29)14-17-5-11-21(12-6-17)31-15-18-3-9-20(26)10-4-18/h1-12,22H,13-15H2,(H2,27,30)(H,28,29). The molecule has 3 N–H and O–H groups in total. The molecule has 0 saturated heterocycles. The van der Waals surface area contributed by atoms with Gasteiger partial charge >= 0.3 is 0 Å². The van der Waals surface area contributed by atoms with E-state index in [4.69, 9.17) is 22.1 Å². The molecule has 0 aromatic heterocycles. The van der Waals surface area contributed by atoms with Crippen molar-refractivity contribution in [3.63, 3.8) is 0 Å². The van der Waals surface area contributed by atoms with Crippen LogP contribution in [0.15, 0.2) is 72.8 Å². The lowest BCUT2D eigenvalue weighted by Gasteiger charge is -2.16. The van der Waals surface area contributed by atoms with Crippen LogP contribution in [0.1, 0.15) is 16.7 Å². The summed E-state index contributed by atoms with van der Waals surface area (Å²) in [4.78, 5) is 24.1. The topological polar surface area (TPSA) is 81.4 Å². The summed E-state index contributed by atoms with van der Waals surface area (Å²) in [6, 6.07) is 19.3. The van der Waals surface area contributed by atoms with Crippen LogP contribution < -0.4 is 15.8 Å². The van der Waals surface area contributed by atoms with Crippen molar-refractivity contribution in [3.8, 4) is 5.75 Å². The van der Waals surface area contributed by atoms with Gasteiger partial charge in [0.25, 0.3) is 0 Å². The normalized spacial score (nSPS) is 11.5. The van der Waals surface area contributed by atoms with E-state index >= 15 is 0 Å². The molecule has 7 heteroatoms. The molecule has 0 fully saturated rings. The number of nitrogens with two attached hydrogens (primary N) is 1. The zero-order valence-electron chi connectivity index (χ0n) is 16.7. The van der Waals surface area contributed by atoms with E-state index in [1.807, 2.05) is 0 Å². The van der Waals surface area contributed by atoms with Gasteiger partial charge in [0.05, 0.1) is 6.42 Å². The Morgan fingerprint density at radius 2 is 1.48 bits per heavy atom. The number of primary amides is 1. The summed E-state index contributed by atoms with van der Waals surface area (Å²) < 4.78 is 18.6. The molecule has 0 aliphatic heterocycles. The van der Waals surface area contributed by atoms with Crippen molar-refractivity contribution < 1.29 is 18.7 Å². The highest BCUT2D eigenvalue weighted by atomic mass is 35.5. The van der Waals surface area contributed by atoms with E-state index in [1.165, 1.54) is 12.1 Å². The largest absolute Gasteiger partial charge is 0.489 e. The van der Waals surface area contributed by atoms with Crippen LogP contribution in [0.4, 0.5) is 4.39 Å². The van der Waals surface area contributed by atoms with Crippen LogP contribution in [-0.4, -0.2) is 17.9 Å². The second-order valence-corrected chi connectivity index (χ2v) is 7.53.